The van der Waals surface area contributed by atoms with Gasteiger partial charge in [0.05, 0.1) is 0 Å². The van der Waals surface area contributed by atoms with Crippen LogP contribution in [-0.4, -0.2) is 5.97 Å². The third-order valence-corrected chi connectivity index (χ3v) is 0.334. The monoisotopic (exact) mass is 121 g/mol. The molecule has 0 atom stereocenters. The summed E-state index contributed by atoms with van der Waals surface area (Å²) in [5, 5.41) is 0. The second-order valence-corrected chi connectivity index (χ2v) is 0.997. The molecule has 0 aliphatic carbocycles. The predicted molar refractivity (Wildman–Crippen MR) is 24.1 cm³/mol. The second kappa shape index (κ2) is 4.47. The van der Waals surface area contributed by atoms with Crippen LogP contribution in [-0.2, 0) is 9.63 Å². The highest BCUT2D eigenvalue weighted by Crippen LogP contribution is 1.60. The Labute approximate surface area is 46.2 Å². The van der Waals surface area contributed by atoms with Crippen LogP contribution >= 0.6 is 0 Å². The largest absolute Gasteiger partial charge is 0.355 e. The highest BCUT2D eigenvalue weighted by atomic mass is 16.7. The molecular formula is C2H9N4O2+. The molecule has 8 heavy (non-hydrogen) atoms. The summed E-state index contributed by atoms with van der Waals surface area (Å²) in [5.74, 6) is 2.74. The third kappa shape index (κ3) is 5.31. The average Bonchev–Trinajstić information content (AvgIpc) is 1.66. The molecule has 0 aromatic carbocycles. The molecule has 0 aromatic heterocycles. The molecule has 0 aliphatic rings. The zero-order valence-electron chi connectivity index (χ0n) is 4.52. The number of hydrogen-bond donors (Lipinski definition) is 4. The van der Waals surface area contributed by atoms with Crippen LogP contribution in [0.4, 0.5) is 0 Å². The number of carbonyl (C=O) groups excluding carboxylic acids is 1. The Bertz CT molecular complexity index is 74.4. The van der Waals surface area contributed by atoms with E-state index in [4.69, 9.17) is 0 Å². The molecule has 0 radical (unpaired) electrons. The van der Waals surface area contributed by atoms with Crippen molar-refractivity contribution in [2.45, 2.75) is 6.92 Å². The van der Waals surface area contributed by atoms with Crippen molar-refractivity contribution >= 4 is 5.97 Å². The van der Waals surface area contributed by atoms with Crippen molar-refractivity contribution in [3.05, 3.63) is 0 Å². The normalized spacial score (nSPS) is 8.75. The predicted octanol–water partition coefficient (Wildman–Crippen LogP) is -2.78. The number of carbonyl (C=O) groups is 1. The SMILES string of the molecule is CC(=O)ONNN[NH3+]. The fourth-order valence-electron chi connectivity index (χ4n) is 0.133. The van der Waals surface area contributed by atoms with E-state index < -0.39 is 5.97 Å². The summed E-state index contributed by atoms with van der Waals surface area (Å²) >= 11 is 0. The number of rotatable bonds is 3. The molecule has 6 N–H and O–H groups in total. The van der Waals surface area contributed by atoms with Crippen LogP contribution in [0.15, 0.2) is 0 Å². The van der Waals surface area contributed by atoms with Gasteiger partial charge < -0.3 is 4.84 Å². The first kappa shape index (κ1) is 7.31. The summed E-state index contributed by atoms with van der Waals surface area (Å²) in [5.41, 5.74) is 6.52. The van der Waals surface area contributed by atoms with Crippen molar-refractivity contribution in [3.63, 3.8) is 0 Å². The van der Waals surface area contributed by atoms with Gasteiger partial charge in [0.25, 0.3) is 0 Å². The van der Waals surface area contributed by atoms with Gasteiger partial charge in [0.15, 0.2) is 0 Å². The molecule has 6 heteroatoms. The van der Waals surface area contributed by atoms with E-state index in [2.05, 4.69) is 27.3 Å². The van der Waals surface area contributed by atoms with E-state index >= 15 is 0 Å². The quantitative estimate of drug-likeness (QED) is 0.239. The summed E-state index contributed by atoms with van der Waals surface area (Å²) < 4.78 is 0. The van der Waals surface area contributed by atoms with Gasteiger partial charge in [0, 0.05) is 6.92 Å². The Hall–Kier alpha value is -0.690. The first-order chi connectivity index (χ1) is 3.77. The first-order valence-corrected chi connectivity index (χ1v) is 1.97. The van der Waals surface area contributed by atoms with Gasteiger partial charge in [-0.05, 0) is 0 Å². The summed E-state index contributed by atoms with van der Waals surface area (Å²) in [6.45, 7) is 1.28. The number of hydrazine groups is 2. The lowest BCUT2D eigenvalue weighted by Crippen LogP contribution is -2.73. The number of nitrogens with one attached hydrogen (secondary N) is 3. The Morgan fingerprint density at radius 3 is 2.75 bits per heavy atom. The highest BCUT2D eigenvalue weighted by Gasteiger charge is 1.86. The van der Waals surface area contributed by atoms with E-state index in [1.807, 2.05) is 0 Å². The molecule has 0 heterocycles. The Morgan fingerprint density at radius 2 is 2.38 bits per heavy atom. The smallest absolute Gasteiger partial charge is 0.323 e. The minimum absolute atomic E-state index is 0.423. The lowest BCUT2D eigenvalue weighted by atomic mass is 10.8. The van der Waals surface area contributed by atoms with Crippen LogP contribution in [0.2, 0.25) is 0 Å². The van der Waals surface area contributed by atoms with E-state index in [0.717, 1.165) is 0 Å². The van der Waals surface area contributed by atoms with E-state index in [1.165, 1.54) is 6.92 Å². The average molecular weight is 121 g/mol. The molecular weight excluding hydrogens is 112 g/mol. The van der Waals surface area contributed by atoms with Crippen LogP contribution in [0.3, 0.4) is 0 Å². The summed E-state index contributed by atoms with van der Waals surface area (Å²) in [6, 6.07) is 0. The van der Waals surface area contributed by atoms with Gasteiger partial charge in [0.2, 0.25) is 0 Å². The Kier molecular flexibility index (Phi) is 4.08. The molecule has 0 unspecified atom stereocenters. The molecule has 0 saturated carbocycles. The Morgan fingerprint density at radius 1 is 1.75 bits per heavy atom. The zero-order valence-corrected chi connectivity index (χ0v) is 4.52. The Balaban J connectivity index is 2.82. The topological polar surface area (TPSA) is 90.0 Å². The van der Waals surface area contributed by atoms with Gasteiger partial charge in [0.1, 0.15) is 0 Å². The molecule has 48 valence electrons. The molecule has 0 bridgehead atoms. The van der Waals surface area contributed by atoms with Crippen LogP contribution < -0.4 is 22.5 Å². The summed E-state index contributed by atoms with van der Waals surface area (Å²) in [4.78, 5) is 14.1. The molecule has 6 nitrogen and oxygen atoms in total. The maximum absolute atomic E-state index is 9.95. The number of quaternary nitrogens is 1. The van der Waals surface area contributed by atoms with Crippen molar-refractivity contribution in [2.24, 2.45) is 0 Å². The van der Waals surface area contributed by atoms with E-state index in [0.29, 0.717) is 0 Å². The fraction of sp³-hybridized carbons (Fsp3) is 0.500. The molecule has 0 spiro atoms. The molecule has 0 amide bonds. The highest BCUT2D eigenvalue weighted by molar-refractivity contribution is 5.65. The number of hydrogen-bond acceptors (Lipinski definition) is 5. The maximum Gasteiger partial charge on any atom is 0.323 e. The minimum Gasteiger partial charge on any atom is -0.355 e. The van der Waals surface area contributed by atoms with Crippen LogP contribution in [0.1, 0.15) is 6.92 Å². The standard InChI is InChI=1S/C2H8N4O2/c1-2(7)8-6-5-4-3/h4-6H,3H2,1H3/p+1. The van der Waals surface area contributed by atoms with Crippen molar-refractivity contribution in [1.82, 2.24) is 16.7 Å². The minimum atomic E-state index is -0.423. The van der Waals surface area contributed by atoms with E-state index in [9.17, 15) is 4.79 Å². The maximum atomic E-state index is 9.95. The molecule has 0 fully saturated rings. The van der Waals surface area contributed by atoms with Gasteiger partial charge in [-0.15, -0.1) is 5.53 Å². The molecule has 0 aliphatic heterocycles. The van der Waals surface area contributed by atoms with Crippen molar-refractivity contribution in [1.29, 1.82) is 0 Å². The molecule has 0 aromatic rings. The van der Waals surface area contributed by atoms with Gasteiger partial charge in [-0.1, -0.05) is 11.1 Å². The summed E-state index contributed by atoms with van der Waals surface area (Å²) in [7, 11) is 0. The lowest BCUT2D eigenvalue weighted by molar-refractivity contribution is -0.463. The van der Waals surface area contributed by atoms with Crippen LogP contribution in [0.5, 0.6) is 0 Å². The van der Waals surface area contributed by atoms with E-state index in [1.54, 1.807) is 0 Å². The van der Waals surface area contributed by atoms with Crippen molar-refractivity contribution < 1.29 is 15.5 Å². The van der Waals surface area contributed by atoms with Gasteiger partial charge in [-0.2, -0.15) is 0 Å². The molecule has 0 rings (SSSR count). The van der Waals surface area contributed by atoms with Crippen molar-refractivity contribution in [3.8, 4) is 0 Å². The zero-order chi connectivity index (χ0) is 6.41. The van der Waals surface area contributed by atoms with Crippen LogP contribution in [0, 0.1) is 0 Å². The van der Waals surface area contributed by atoms with Crippen LogP contribution in [0.25, 0.3) is 0 Å². The first-order valence-electron chi connectivity index (χ1n) is 1.97. The van der Waals surface area contributed by atoms with Gasteiger partial charge in [-0.3, -0.25) is 10.6 Å². The lowest BCUT2D eigenvalue weighted by Gasteiger charge is -1.99. The third-order valence-electron chi connectivity index (χ3n) is 0.334. The van der Waals surface area contributed by atoms with Crippen molar-refractivity contribution in [2.75, 3.05) is 0 Å². The summed E-state index contributed by atoms with van der Waals surface area (Å²) in [6.07, 6.45) is 0. The van der Waals surface area contributed by atoms with Gasteiger partial charge >= 0.3 is 5.97 Å². The molecule has 0 saturated heterocycles. The fourth-order valence-corrected chi connectivity index (χ4v) is 0.133. The van der Waals surface area contributed by atoms with E-state index in [-0.39, 0.29) is 0 Å². The van der Waals surface area contributed by atoms with Gasteiger partial charge in [-0.25, -0.2) is 0 Å². The second-order valence-electron chi connectivity index (χ2n) is 0.997.